The topological polar surface area (TPSA) is 43.3 Å². The summed E-state index contributed by atoms with van der Waals surface area (Å²) in [5.74, 6) is 1.01. The van der Waals surface area contributed by atoms with Crippen LogP contribution < -0.4 is 10.1 Å². The minimum absolute atomic E-state index is 0.151. The van der Waals surface area contributed by atoms with Crippen LogP contribution in [0, 0.1) is 0 Å². The van der Waals surface area contributed by atoms with E-state index in [1.165, 1.54) is 0 Å². The van der Waals surface area contributed by atoms with Gasteiger partial charge in [0.05, 0.1) is 7.11 Å². The smallest absolute Gasteiger partial charge is 0.222 e. The molecule has 0 saturated heterocycles. The predicted molar refractivity (Wildman–Crippen MR) is 74.3 cm³/mol. The highest BCUT2D eigenvalue weighted by atomic mass is 16.5. The number of fused-ring (bicyclic) bond motifs is 1. The van der Waals surface area contributed by atoms with Crippen molar-refractivity contribution < 1.29 is 9.53 Å². The van der Waals surface area contributed by atoms with Gasteiger partial charge in [0, 0.05) is 36.1 Å². The van der Waals surface area contributed by atoms with E-state index in [1.807, 2.05) is 24.4 Å². The van der Waals surface area contributed by atoms with Crippen LogP contribution in [-0.4, -0.2) is 23.6 Å². The molecule has 1 heterocycles. The molecule has 1 aromatic heterocycles. The summed E-state index contributed by atoms with van der Waals surface area (Å²) in [5.41, 5.74) is 1.14. The Kier molecular flexibility index (Phi) is 3.15. The Balaban J connectivity index is 1.68. The monoisotopic (exact) mass is 258 g/mol. The fourth-order valence-electron chi connectivity index (χ4n) is 2.25. The third-order valence-corrected chi connectivity index (χ3v) is 3.50. The third kappa shape index (κ3) is 2.72. The molecule has 0 aliphatic heterocycles. The van der Waals surface area contributed by atoms with Crippen LogP contribution in [-0.2, 0) is 11.3 Å². The number of benzene rings is 1. The van der Waals surface area contributed by atoms with Gasteiger partial charge in [0.2, 0.25) is 5.91 Å². The summed E-state index contributed by atoms with van der Waals surface area (Å²) in [7, 11) is 1.67. The molecule has 100 valence electrons. The highest BCUT2D eigenvalue weighted by Gasteiger charge is 2.22. The summed E-state index contributed by atoms with van der Waals surface area (Å²) in [6, 6.07) is 8.49. The van der Waals surface area contributed by atoms with E-state index in [0.29, 0.717) is 19.0 Å². The van der Waals surface area contributed by atoms with E-state index in [9.17, 15) is 4.79 Å². The Hall–Kier alpha value is -1.97. The number of aryl methyl sites for hydroxylation is 1. The number of nitrogens with zero attached hydrogens (tertiary/aromatic N) is 1. The van der Waals surface area contributed by atoms with Gasteiger partial charge < -0.3 is 14.6 Å². The van der Waals surface area contributed by atoms with Crippen molar-refractivity contribution in [3.05, 3.63) is 30.5 Å². The van der Waals surface area contributed by atoms with Gasteiger partial charge in [-0.3, -0.25) is 4.79 Å². The van der Waals surface area contributed by atoms with Gasteiger partial charge >= 0.3 is 0 Å². The molecule has 4 nitrogen and oxygen atoms in total. The molecule has 3 rings (SSSR count). The van der Waals surface area contributed by atoms with Gasteiger partial charge in [0.25, 0.3) is 0 Å². The van der Waals surface area contributed by atoms with Crippen molar-refractivity contribution in [1.29, 1.82) is 0 Å². The molecular weight excluding hydrogens is 240 g/mol. The van der Waals surface area contributed by atoms with Crippen molar-refractivity contribution in [3.8, 4) is 5.75 Å². The number of methoxy groups -OCH3 is 1. The first-order valence-electron chi connectivity index (χ1n) is 6.68. The lowest BCUT2D eigenvalue weighted by molar-refractivity contribution is -0.121. The predicted octanol–water partition coefficient (Wildman–Crippen LogP) is 2.32. The molecule has 1 N–H and O–H groups in total. The fraction of sp³-hybridized carbons (Fsp3) is 0.400. The minimum atomic E-state index is 0.151. The molecule has 19 heavy (non-hydrogen) atoms. The summed E-state index contributed by atoms with van der Waals surface area (Å²) in [5, 5.41) is 4.15. The first-order chi connectivity index (χ1) is 9.26. The van der Waals surface area contributed by atoms with Crippen LogP contribution in [0.3, 0.4) is 0 Å². The molecule has 0 atom stereocenters. The number of hydrogen-bond acceptors (Lipinski definition) is 2. The van der Waals surface area contributed by atoms with Crippen LogP contribution in [0.1, 0.15) is 19.3 Å². The molecule has 0 radical (unpaired) electrons. The quantitative estimate of drug-likeness (QED) is 0.894. The first kappa shape index (κ1) is 12.1. The zero-order valence-electron chi connectivity index (χ0n) is 11.1. The Morgan fingerprint density at radius 3 is 3.00 bits per heavy atom. The number of nitrogens with one attached hydrogen (secondary N) is 1. The van der Waals surface area contributed by atoms with Gasteiger partial charge in [-0.05, 0) is 37.1 Å². The molecule has 4 heteroatoms. The summed E-state index contributed by atoms with van der Waals surface area (Å²) in [6.07, 6.45) is 4.83. The van der Waals surface area contributed by atoms with E-state index in [1.54, 1.807) is 7.11 Å². The second-order valence-corrected chi connectivity index (χ2v) is 5.03. The minimum Gasteiger partial charge on any atom is -0.497 e. The number of aromatic nitrogens is 1. The molecule has 0 unspecified atom stereocenters. The molecule has 1 fully saturated rings. The van der Waals surface area contributed by atoms with E-state index >= 15 is 0 Å². The van der Waals surface area contributed by atoms with E-state index in [0.717, 1.165) is 29.5 Å². The largest absolute Gasteiger partial charge is 0.497 e. The van der Waals surface area contributed by atoms with E-state index < -0.39 is 0 Å². The van der Waals surface area contributed by atoms with Crippen molar-refractivity contribution in [2.75, 3.05) is 7.11 Å². The van der Waals surface area contributed by atoms with E-state index in [2.05, 4.69) is 16.0 Å². The standard InChI is InChI=1S/C15H18N2O2/c1-19-13-4-5-14-11(10-13)6-8-17(14)9-7-15(18)16-12-2-3-12/h4-6,8,10,12H,2-3,7,9H2,1H3,(H,16,18). The summed E-state index contributed by atoms with van der Waals surface area (Å²) in [4.78, 5) is 11.7. The van der Waals surface area contributed by atoms with Gasteiger partial charge in [-0.1, -0.05) is 0 Å². The van der Waals surface area contributed by atoms with Crippen molar-refractivity contribution in [1.82, 2.24) is 9.88 Å². The lowest BCUT2D eigenvalue weighted by Gasteiger charge is -2.07. The number of amides is 1. The van der Waals surface area contributed by atoms with Crippen LogP contribution >= 0.6 is 0 Å². The normalized spacial score (nSPS) is 14.6. The van der Waals surface area contributed by atoms with Crippen molar-refractivity contribution in [3.63, 3.8) is 0 Å². The zero-order chi connectivity index (χ0) is 13.2. The molecule has 1 aliphatic rings. The molecule has 1 aliphatic carbocycles. The molecule has 2 aromatic rings. The summed E-state index contributed by atoms with van der Waals surface area (Å²) >= 11 is 0. The number of carbonyl (C=O) groups is 1. The van der Waals surface area contributed by atoms with Gasteiger partial charge in [0.15, 0.2) is 0 Å². The van der Waals surface area contributed by atoms with Gasteiger partial charge in [0.1, 0.15) is 5.75 Å². The highest BCUT2D eigenvalue weighted by molar-refractivity contribution is 5.82. The molecule has 0 spiro atoms. The number of rotatable bonds is 5. The fourth-order valence-corrected chi connectivity index (χ4v) is 2.25. The SMILES string of the molecule is COc1ccc2c(ccn2CCC(=O)NC2CC2)c1. The lowest BCUT2D eigenvalue weighted by atomic mass is 10.2. The first-order valence-corrected chi connectivity index (χ1v) is 6.68. The average molecular weight is 258 g/mol. The van der Waals surface area contributed by atoms with Gasteiger partial charge in [-0.2, -0.15) is 0 Å². The van der Waals surface area contributed by atoms with E-state index in [-0.39, 0.29) is 5.91 Å². The number of carbonyl (C=O) groups excluding carboxylic acids is 1. The molecule has 1 amide bonds. The van der Waals surface area contributed by atoms with Gasteiger partial charge in [-0.25, -0.2) is 0 Å². The van der Waals surface area contributed by atoms with Crippen molar-refractivity contribution in [2.24, 2.45) is 0 Å². The molecule has 0 bridgehead atoms. The number of hydrogen-bond donors (Lipinski definition) is 1. The lowest BCUT2D eigenvalue weighted by Crippen LogP contribution is -2.26. The molecule has 1 saturated carbocycles. The van der Waals surface area contributed by atoms with E-state index in [4.69, 9.17) is 4.74 Å². The van der Waals surface area contributed by atoms with Crippen LogP contribution in [0.2, 0.25) is 0 Å². The van der Waals surface area contributed by atoms with Crippen LogP contribution in [0.15, 0.2) is 30.5 Å². The Morgan fingerprint density at radius 2 is 2.26 bits per heavy atom. The zero-order valence-corrected chi connectivity index (χ0v) is 11.1. The average Bonchev–Trinajstić information content (AvgIpc) is 3.14. The number of ether oxygens (including phenoxy) is 1. The molecule has 1 aromatic carbocycles. The third-order valence-electron chi connectivity index (χ3n) is 3.50. The summed E-state index contributed by atoms with van der Waals surface area (Å²) < 4.78 is 7.32. The maximum atomic E-state index is 11.7. The van der Waals surface area contributed by atoms with Crippen molar-refractivity contribution >= 4 is 16.8 Å². The second-order valence-electron chi connectivity index (χ2n) is 5.03. The molecular formula is C15H18N2O2. The summed E-state index contributed by atoms with van der Waals surface area (Å²) in [6.45, 7) is 0.717. The Bertz CT molecular complexity index is 599. The van der Waals surface area contributed by atoms with Gasteiger partial charge in [-0.15, -0.1) is 0 Å². The Morgan fingerprint density at radius 1 is 1.42 bits per heavy atom. The highest BCUT2D eigenvalue weighted by Crippen LogP contribution is 2.22. The van der Waals surface area contributed by atoms with Crippen LogP contribution in [0.25, 0.3) is 10.9 Å². The van der Waals surface area contributed by atoms with Crippen molar-refractivity contribution in [2.45, 2.75) is 31.8 Å². The maximum Gasteiger partial charge on any atom is 0.222 e. The Labute approximate surface area is 112 Å². The maximum absolute atomic E-state index is 11.7. The van der Waals surface area contributed by atoms with Crippen LogP contribution in [0.4, 0.5) is 0 Å². The van der Waals surface area contributed by atoms with Crippen LogP contribution in [0.5, 0.6) is 5.75 Å². The second kappa shape index (κ2) is 4.96.